The Bertz CT molecular complexity index is 271. The van der Waals surface area contributed by atoms with Gasteiger partial charge in [0.15, 0.2) is 0 Å². The molecule has 2 heteroatoms. The first-order valence-electron chi connectivity index (χ1n) is 4.85. The van der Waals surface area contributed by atoms with Gasteiger partial charge in [-0.25, -0.2) is 0 Å². The summed E-state index contributed by atoms with van der Waals surface area (Å²) in [6, 6.07) is 0. The van der Waals surface area contributed by atoms with Crippen LogP contribution in [0.25, 0.3) is 0 Å². The molecule has 0 amide bonds. The third kappa shape index (κ3) is 4.17. The molecule has 4 N–H and O–H groups in total. The van der Waals surface area contributed by atoms with Crippen LogP contribution < -0.4 is 11.5 Å². The van der Waals surface area contributed by atoms with Gasteiger partial charge in [-0.05, 0) is 30.9 Å². The van der Waals surface area contributed by atoms with Crippen molar-refractivity contribution in [3.63, 3.8) is 0 Å². The van der Waals surface area contributed by atoms with E-state index < -0.39 is 0 Å². The third-order valence-corrected chi connectivity index (χ3v) is 2.01. The summed E-state index contributed by atoms with van der Waals surface area (Å²) in [5, 5.41) is 0. The van der Waals surface area contributed by atoms with Crippen LogP contribution in [0.15, 0.2) is 35.2 Å². The maximum Gasteiger partial charge on any atom is 0.0270 e. The first-order chi connectivity index (χ1) is 6.29. The first-order valence-corrected chi connectivity index (χ1v) is 4.85. The molecule has 0 aliphatic carbocycles. The highest BCUT2D eigenvalue weighted by Crippen LogP contribution is 2.27. The van der Waals surface area contributed by atoms with Gasteiger partial charge in [-0.2, -0.15) is 0 Å². The van der Waals surface area contributed by atoms with E-state index in [0.717, 1.165) is 17.0 Å². The van der Waals surface area contributed by atoms with Gasteiger partial charge in [-0.15, -0.1) is 0 Å². The van der Waals surface area contributed by atoms with Gasteiger partial charge in [0.25, 0.3) is 0 Å². The van der Waals surface area contributed by atoms with Gasteiger partial charge in [0, 0.05) is 11.4 Å². The van der Waals surface area contributed by atoms with E-state index in [4.69, 9.17) is 11.5 Å². The Morgan fingerprint density at radius 1 is 1.07 bits per heavy atom. The minimum Gasteiger partial charge on any atom is -0.402 e. The molecule has 0 aliphatic heterocycles. The van der Waals surface area contributed by atoms with Gasteiger partial charge in [0.1, 0.15) is 0 Å². The molecule has 0 saturated heterocycles. The highest BCUT2D eigenvalue weighted by atomic mass is 14.6. The molecule has 0 saturated carbocycles. The van der Waals surface area contributed by atoms with Gasteiger partial charge in [0.2, 0.25) is 0 Å². The minimum absolute atomic E-state index is 0.0589. The standard InChI is InChI=1S/C12H22N2/c1-6-10(14)7-8-11(9(2)13)12(3,4)5/h6-8H,13-14H2,1-5H3/b8-7-,10-6+,11-9+. The van der Waals surface area contributed by atoms with Crippen molar-refractivity contribution in [1.82, 2.24) is 0 Å². The third-order valence-electron chi connectivity index (χ3n) is 2.01. The summed E-state index contributed by atoms with van der Waals surface area (Å²) in [6.07, 6.45) is 5.74. The van der Waals surface area contributed by atoms with Gasteiger partial charge >= 0.3 is 0 Å². The number of hydrogen-bond donors (Lipinski definition) is 2. The van der Waals surface area contributed by atoms with E-state index in [1.165, 1.54) is 0 Å². The Hall–Kier alpha value is -1.18. The largest absolute Gasteiger partial charge is 0.402 e. The molecule has 0 spiro atoms. The number of rotatable bonds is 2. The zero-order valence-corrected chi connectivity index (χ0v) is 9.89. The van der Waals surface area contributed by atoms with Crippen LogP contribution in [0.4, 0.5) is 0 Å². The highest BCUT2D eigenvalue weighted by molar-refractivity contribution is 5.32. The van der Waals surface area contributed by atoms with E-state index in [1.54, 1.807) is 0 Å². The molecule has 0 atom stereocenters. The van der Waals surface area contributed by atoms with E-state index in [0.29, 0.717) is 0 Å². The summed E-state index contributed by atoms with van der Waals surface area (Å²) in [5.74, 6) is 0. The molecule has 0 rings (SSSR count). The van der Waals surface area contributed by atoms with Crippen LogP contribution in [0.1, 0.15) is 34.6 Å². The van der Waals surface area contributed by atoms with Crippen molar-refractivity contribution in [1.29, 1.82) is 0 Å². The Labute approximate surface area is 87.4 Å². The van der Waals surface area contributed by atoms with Crippen LogP contribution in [0.5, 0.6) is 0 Å². The molecular formula is C12H22N2. The van der Waals surface area contributed by atoms with E-state index in [2.05, 4.69) is 20.8 Å². The summed E-state index contributed by atoms with van der Waals surface area (Å²) >= 11 is 0. The molecule has 0 unspecified atom stereocenters. The molecule has 0 aromatic rings. The van der Waals surface area contributed by atoms with Crippen molar-refractivity contribution in [3.8, 4) is 0 Å². The van der Waals surface area contributed by atoms with Crippen molar-refractivity contribution in [2.75, 3.05) is 0 Å². The minimum atomic E-state index is 0.0589. The van der Waals surface area contributed by atoms with Gasteiger partial charge in [-0.3, -0.25) is 0 Å². The lowest BCUT2D eigenvalue weighted by molar-refractivity contribution is 0.511. The molecule has 0 bridgehead atoms. The number of allylic oxidation sites excluding steroid dienone is 5. The van der Waals surface area contributed by atoms with Crippen LogP contribution in [0.2, 0.25) is 0 Å². The fourth-order valence-electron chi connectivity index (χ4n) is 1.25. The molecule has 0 aromatic heterocycles. The van der Waals surface area contributed by atoms with Gasteiger partial charge in [0.05, 0.1) is 0 Å². The fourth-order valence-corrected chi connectivity index (χ4v) is 1.25. The number of nitrogens with two attached hydrogens (primary N) is 2. The molecule has 2 nitrogen and oxygen atoms in total. The van der Waals surface area contributed by atoms with E-state index in [-0.39, 0.29) is 5.41 Å². The van der Waals surface area contributed by atoms with Crippen LogP contribution in [0, 0.1) is 5.41 Å². The number of hydrogen-bond acceptors (Lipinski definition) is 2. The second-order valence-corrected chi connectivity index (χ2v) is 4.47. The van der Waals surface area contributed by atoms with Crippen molar-refractivity contribution in [3.05, 3.63) is 35.2 Å². The summed E-state index contributed by atoms with van der Waals surface area (Å²) in [6.45, 7) is 10.2. The Morgan fingerprint density at radius 3 is 1.86 bits per heavy atom. The average molecular weight is 194 g/mol. The molecule has 0 fully saturated rings. The summed E-state index contributed by atoms with van der Waals surface area (Å²) in [5.41, 5.74) is 14.3. The predicted molar refractivity (Wildman–Crippen MR) is 63.4 cm³/mol. The maximum absolute atomic E-state index is 5.82. The quantitative estimate of drug-likeness (QED) is 0.664. The topological polar surface area (TPSA) is 52.0 Å². The molecule has 0 aliphatic rings. The lowest BCUT2D eigenvalue weighted by atomic mass is 9.85. The fraction of sp³-hybridized carbons (Fsp3) is 0.500. The first kappa shape index (κ1) is 12.8. The van der Waals surface area contributed by atoms with Gasteiger partial charge < -0.3 is 11.5 Å². The summed E-state index contributed by atoms with van der Waals surface area (Å²) < 4.78 is 0. The molecule has 0 heterocycles. The zero-order valence-electron chi connectivity index (χ0n) is 9.89. The van der Waals surface area contributed by atoms with Crippen LogP contribution in [-0.2, 0) is 0 Å². The Morgan fingerprint density at radius 2 is 1.57 bits per heavy atom. The van der Waals surface area contributed by atoms with Crippen molar-refractivity contribution in [2.24, 2.45) is 16.9 Å². The predicted octanol–water partition coefficient (Wildman–Crippen LogP) is 2.68. The van der Waals surface area contributed by atoms with E-state index >= 15 is 0 Å². The molecule has 0 radical (unpaired) electrons. The van der Waals surface area contributed by atoms with E-state index in [9.17, 15) is 0 Å². The average Bonchev–Trinajstić information content (AvgIpc) is 2.01. The van der Waals surface area contributed by atoms with Crippen molar-refractivity contribution < 1.29 is 0 Å². The zero-order chi connectivity index (χ0) is 11.4. The molecular weight excluding hydrogens is 172 g/mol. The molecule has 14 heavy (non-hydrogen) atoms. The molecule has 80 valence electrons. The summed E-state index contributed by atoms with van der Waals surface area (Å²) in [7, 11) is 0. The normalized spacial score (nSPS) is 15.9. The van der Waals surface area contributed by atoms with Crippen LogP contribution in [0.3, 0.4) is 0 Å². The van der Waals surface area contributed by atoms with Crippen molar-refractivity contribution >= 4 is 0 Å². The monoisotopic (exact) mass is 194 g/mol. The lowest BCUT2D eigenvalue weighted by Gasteiger charge is -2.21. The van der Waals surface area contributed by atoms with E-state index in [1.807, 2.05) is 32.1 Å². The van der Waals surface area contributed by atoms with Crippen LogP contribution in [-0.4, -0.2) is 0 Å². The smallest absolute Gasteiger partial charge is 0.0270 e. The Balaban J connectivity index is 4.94. The Kier molecular flexibility index (Phi) is 4.48. The second kappa shape index (κ2) is 4.89. The maximum atomic E-state index is 5.82. The van der Waals surface area contributed by atoms with Crippen molar-refractivity contribution in [2.45, 2.75) is 34.6 Å². The summed E-state index contributed by atoms with van der Waals surface area (Å²) in [4.78, 5) is 0. The highest BCUT2D eigenvalue weighted by Gasteiger charge is 2.15. The van der Waals surface area contributed by atoms with Crippen LogP contribution >= 0.6 is 0 Å². The SMILES string of the molecule is C\C=C(N)/C=C\C(=C(\C)N)C(C)(C)C. The lowest BCUT2D eigenvalue weighted by Crippen LogP contribution is -2.13. The second-order valence-electron chi connectivity index (χ2n) is 4.47. The van der Waals surface area contributed by atoms with Gasteiger partial charge in [-0.1, -0.05) is 32.9 Å². The molecule has 0 aromatic carbocycles.